The number of carbonyl (C=O) groups is 1. The molecular formula is C21H32N2O4. The number of rotatable bonds is 9. The van der Waals surface area contributed by atoms with Gasteiger partial charge in [0.1, 0.15) is 5.78 Å². The lowest BCUT2D eigenvalue weighted by Crippen LogP contribution is -2.42. The van der Waals surface area contributed by atoms with Gasteiger partial charge in [0, 0.05) is 24.4 Å². The number of Topliss-reactive ketones (excluding diaryl/α,β-unsaturated/α-hetero) is 1. The number of hydrazine groups is 1. The van der Waals surface area contributed by atoms with Crippen molar-refractivity contribution in [2.45, 2.75) is 45.6 Å². The zero-order valence-corrected chi connectivity index (χ0v) is 16.8. The fourth-order valence-corrected chi connectivity index (χ4v) is 3.78. The van der Waals surface area contributed by atoms with Crippen LogP contribution in [0, 0.1) is 11.3 Å². The average Bonchev–Trinajstić information content (AvgIpc) is 3.39. The van der Waals surface area contributed by atoms with E-state index in [4.69, 9.17) is 9.47 Å². The van der Waals surface area contributed by atoms with E-state index in [1.807, 2.05) is 18.0 Å². The number of ketones is 1. The second kappa shape index (κ2) is 8.17. The maximum Gasteiger partial charge on any atom is 0.161 e. The third kappa shape index (κ3) is 4.62. The highest BCUT2D eigenvalue weighted by Gasteiger charge is 2.47. The summed E-state index contributed by atoms with van der Waals surface area (Å²) in [5, 5.41) is 12.6. The van der Waals surface area contributed by atoms with Crippen LogP contribution in [-0.4, -0.2) is 55.4 Å². The molecule has 3 atom stereocenters. The number of methoxy groups -OCH3 is 1. The number of benzene rings is 1. The summed E-state index contributed by atoms with van der Waals surface area (Å²) >= 11 is 0. The molecule has 150 valence electrons. The molecule has 27 heavy (non-hydrogen) atoms. The first-order valence-electron chi connectivity index (χ1n) is 9.80. The molecule has 1 aliphatic carbocycles. The van der Waals surface area contributed by atoms with Crippen molar-refractivity contribution in [2.75, 3.05) is 33.4 Å². The average molecular weight is 376 g/mol. The van der Waals surface area contributed by atoms with E-state index in [0.717, 1.165) is 30.2 Å². The number of aliphatic hydroxyl groups excluding tert-OH is 1. The van der Waals surface area contributed by atoms with Crippen LogP contribution in [0.5, 0.6) is 11.5 Å². The summed E-state index contributed by atoms with van der Waals surface area (Å²) in [4.78, 5) is 11.3. The van der Waals surface area contributed by atoms with Crippen LogP contribution in [0.4, 0.5) is 0 Å². The summed E-state index contributed by atoms with van der Waals surface area (Å²) in [5.74, 6) is 2.38. The van der Waals surface area contributed by atoms with Gasteiger partial charge in [-0.2, -0.15) is 0 Å². The Morgan fingerprint density at radius 2 is 2.15 bits per heavy atom. The van der Waals surface area contributed by atoms with Crippen LogP contribution in [0.3, 0.4) is 0 Å². The first kappa shape index (κ1) is 20.1. The minimum Gasteiger partial charge on any atom is -0.493 e. The van der Waals surface area contributed by atoms with E-state index in [2.05, 4.69) is 24.5 Å². The monoisotopic (exact) mass is 376 g/mol. The Labute approximate surface area is 161 Å². The van der Waals surface area contributed by atoms with Gasteiger partial charge in [-0.3, -0.25) is 4.79 Å². The van der Waals surface area contributed by atoms with Gasteiger partial charge in [-0.25, -0.2) is 10.4 Å². The zero-order chi connectivity index (χ0) is 19.6. The Morgan fingerprint density at radius 1 is 1.41 bits per heavy atom. The van der Waals surface area contributed by atoms with Crippen LogP contribution in [0.2, 0.25) is 0 Å². The largest absolute Gasteiger partial charge is 0.493 e. The maximum atomic E-state index is 11.3. The molecule has 2 fully saturated rings. The predicted octanol–water partition coefficient (Wildman–Crippen LogP) is 2.36. The van der Waals surface area contributed by atoms with E-state index in [1.165, 1.54) is 12.8 Å². The third-order valence-corrected chi connectivity index (χ3v) is 6.00. The van der Waals surface area contributed by atoms with E-state index in [0.29, 0.717) is 19.0 Å². The molecule has 0 radical (unpaired) electrons. The predicted molar refractivity (Wildman–Crippen MR) is 104 cm³/mol. The fourth-order valence-electron chi connectivity index (χ4n) is 3.78. The van der Waals surface area contributed by atoms with E-state index >= 15 is 0 Å². The number of carbonyl (C=O) groups excluding carboxylic acids is 1. The topological polar surface area (TPSA) is 71.0 Å². The van der Waals surface area contributed by atoms with Crippen molar-refractivity contribution in [3.8, 4) is 11.5 Å². The summed E-state index contributed by atoms with van der Waals surface area (Å²) in [6.45, 7) is 7.95. The van der Waals surface area contributed by atoms with Gasteiger partial charge in [-0.15, -0.1) is 0 Å². The van der Waals surface area contributed by atoms with Crippen LogP contribution in [-0.2, 0) is 4.79 Å². The molecule has 0 aromatic heterocycles. The molecule has 1 aliphatic heterocycles. The Balaban J connectivity index is 1.82. The molecule has 1 aromatic carbocycles. The first-order chi connectivity index (χ1) is 12.8. The van der Waals surface area contributed by atoms with Crippen LogP contribution in [0.1, 0.15) is 45.1 Å². The van der Waals surface area contributed by atoms with E-state index in [1.54, 1.807) is 14.0 Å². The zero-order valence-electron chi connectivity index (χ0n) is 16.8. The number of aliphatic hydroxyl groups is 1. The van der Waals surface area contributed by atoms with Crippen molar-refractivity contribution in [3.63, 3.8) is 0 Å². The molecule has 1 aromatic rings. The van der Waals surface area contributed by atoms with Gasteiger partial charge < -0.3 is 14.6 Å². The first-order valence-corrected chi connectivity index (χ1v) is 9.80. The van der Waals surface area contributed by atoms with Crippen molar-refractivity contribution in [1.29, 1.82) is 0 Å². The number of hydrogen-bond donors (Lipinski definition) is 2. The molecule has 6 nitrogen and oxygen atoms in total. The standard InChI is InChI=1S/C21H32N2O4/c1-14(24)10-22-23-11-18(21(3,13-23)15(2)25)17-7-8-19(26-4)20(9-17)27-12-16-5-6-16/h7-9,15-16,18,22,25H,5-6,10-13H2,1-4H3/t15-,18+,21+/m1/s1. The van der Waals surface area contributed by atoms with Gasteiger partial charge in [0.2, 0.25) is 0 Å². The summed E-state index contributed by atoms with van der Waals surface area (Å²) in [6.07, 6.45) is 1.99. The number of nitrogens with one attached hydrogen (secondary N) is 1. The fraction of sp³-hybridized carbons (Fsp3) is 0.667. The number of hydrogen-bond acceptors (Lipinski definition) is 6. The van der Waals surface area contributed by atoms with E-state index < -0.39 is 6.10 Å². The van der Waals surface area contributed by atoms with E-state index in [9.17, 15) is 9.90 Å². The molecule has 0 unspecified atom stereocenters. The second-order valence-corrected chi connectivity index (χ2v) is 8.32. The molecule has 2 N–H and O–H groups in total. The van der Waals surface area contributed by atoms with Crippen LogP contribution < -0.4 is 14.9 Å². The lowest BCUT2D eigenvalue weighted by Gasteiger charge is -2.34. The Bertz CT molecular complexity index is 674. The van der Waals surface area contributed by atoms with Crippen molar-refractivity contribution >= 4 is 5.78 Å². The molecule has 0 bridgehead atoms. The third-order valence-electron chi connectivity index (χ3n) is 6.00. The summed E-state index contributed by atoms with van der Waals surface area (Å²) in [6, 6.07) is 6.06. The molecule has 3 rings (SSSR count). The molecule has 1 heterocycles. The van der Waals surface area contributed by atoms with Gasteiger partial charge in [-0.05, 0) is 50.3 Å². The smallest absolute Gasteiger partial charge is 0.161 e. The lowest BCUT2D eigenvalue weighted by atomic mass is 9.72. The van der Waals surface area contributed by atoms with Crippen LogP contribution >= 0.6 is 0 Å². The van der Waals surface area contributed by atoms with Gasteiger partial charge in [-0.1, -0.05) is 13.0 Å². The van der Waals surface area contributed by atoms with Gasteiger partial charge in [0.15, 0.2) is 11.5 Å². The summed E-state index contributed by atoms with van der Waals surface area (Å²) < 4.78 is 11.5. The molecule has 1 saturated carbocycles. The molecule has 1 saturated heterocycles. The Morgan fingerprint density at radius 3 is 2.74 bits per heavy atom. The highest BCUT2D eigenvalue weighted by atomic mass is 16.5. The van der Waals surface area contributed by atoms with Gasteiger partial charge in [0.05, 0.1) is 26.4 Å². The molecule has 0 amide bonds. The van der Waals surface area contributed by atoms with Crippen LogP contribution in [0.15, 0.2) is 18.2 Å². The van der Waals surface area contributed by atoms with Gasteiger partial charge in [0.25, 0.3) is 0 Å². The second-order valence-electron chi connectivity index (χ2n) is 8.32. The SMILES string of the molecule is COc1ccc([C@@H]2CN(NCC(C)=O)C[C@@]2(C)[C@@H](C)O)cc1OCC1CC1. The van der Waals surface area contributed by atoms with Crippen molar-refractivity contribution in [2.24, 2.45) is 11.3 Å². The van der Waals surface area contributed by atoms with Crippen LogP contribution in [0.25, 0.3) is 0 Å². The molecule has 0 spiro atoms. The van der Waals surface area contributed by atoms with Crippen molar-refractivity contribution < 1.29 is 19.4 Å². The molecular weight excluding hydrogens is 344 g/mol. The highest BCUT2D eigenvalue weighted by Crippen LogP contribution is 2.46. The summed E-state index contributed by atoms with van der Waals surface area (Å²) in [5.41, 5.74) is 3.99. The minimum atomic E-state index is -0.482. The van der Waals surface area contributed by atoms with Gasteiger partial charge >= 0.3 is 0 Å². The lowest BCUT2D eigenvalue weighted by molar-refractivity contribution is -0.117. The quantitative estimate of drug-likeness (QED) is 0.689. The van der Waals surface area contributed by atoms with Crippen molar-refractivity contribution in [1.82, 2.24) is 10.4 Å². The number of ether oxygens (including phenoxy) is 2. The Kier molecular flexibility index (Phi) is 6.08. The number of nitrogens with zero attached hydrogens (tertiary/aromatic N) is 1. The summed E-state index contributed by atoms with van der Waals surface area (Å²) in [7, 11) is 1.65. The minimum absolute atomic E-state index is 0.0948. The highest BCUT2D eigenvalue weighted by molar-refractivity contribution is 5.77. The maximum absolute atomic E-state index is 11.3. The van der Waals surface area contributed by atoms with E-state index in [-0.39, 0.29) is 17.1 Å². The normalized spacial score (nSPS) is 26.8. The van der Waals surface area contributed by atoms with Crippen molar-refractivity contribution in [3.05, 3.63) is 23.8 Å². The Hall–Kier alpha value is -1.63. The molecule has 6 heteroatoms. The molecule has 2 aliphatic rings.